The first-order chi connectivity index (χ1) is 10.0. The van der Waals surface area contributed by atoms with Crippen molar-refractivity contribution in [1.82, 2.24) is 10.9 Å². The second-order valence-corrected chi connectivity index (χ2v) is 6.48. The first-order valence-corrected chi connectivity index (χ1v) is 7.73. The number of hydrazine groups is 1. The number of hydrogen-bond acceptors (Lipinski definition) is 3. The number of thiophene rings is 1. The van der Waals surface area contributed by atoms with Gasteiger partial charge in [0.1, 0.15) is 4.34 Å². The minimum absolute atomic E-state index is 0.230. The number of carbonyl (C=O) groups is 2. The van der Waals surface area contributed by atoms with Crippen LogP contribution in [-0.2, 0) is 6.42 Å². The Hall–Kier alpha value is -1.56. The highest BCUT2D eigenvalue weighted by Crippen LogP contribution is 2.30. The average molecular weight is 343 g/mol. The van der Waals surface area contributed by atoms with Crippen LogP contribution in [0, 0.1) is 0 Å². The van der Waals surface area contributed by atoms with Gasteiger partial charge in [0, 0.05) is 5.56 Å². The Balaban J connectivity index is 1.97. The van der Waals surface area contributed by atoms with Crippen LogP contribution in [0.1, 0.15) is 33.2 Å². The summed E-state index contributed by atoms with van der Waals surface area (Å²) in [6.07, 6.45) is 0.899. The molecule has 0 aliphatic carbocycles. The smallest absolute Gasteiger partial charge is 0.267 e. The Labute approximate surface area is 136 Å². The summed E-state index contributed by atoms with van der Waals surface area (Å²) < 4.78 is 0.686. The molecule has 0 aliphatic heterocycles. The molecule has 21 heavy (non-hydrogen) atoms. The summed E-state index contributed by atoms with van der Waals surface area (Å²) in [5.74, 6) is -0.912. The minimum atomic E-state index is -0.512. The largest absolute Gasteiger partial charge is 0.272 e. The van der Waals surface area contributed by atoms with Crippen LogP contribution in [0.25, 0.3) is 0 Å². The first kappa shape index (κ1) is 15.8. The molecule has 0 bridgehead atoms. The Morgan fingerprint density at radius 1 is 1.10 bits per heavy atom. The zero-order valence-electron chi connectivity index (χ0n) is 11.1. The predicted molar refractivity (Wildman–Crippen MR) is 85.1 cm³/mol. The number of aryl methyl sites for hydroxylation is 1. The highest BCUT2D eigenvalue weighted by atomic mass is 35.5. The molecule has 0 radical (unpaired) electrons. The number of rotatable bonds is 3. The maximum Gasteiger partial charge on any atom is 0.272 e. The molecule has 2 N–H and O–H groups in total. The normalized spacial score (nSPS) is 10.2. The average Bonchev–Trinajstić information content (AvgIpc) is 2.83. The molecule has 2 aromatic rings. The Morgan fingerprint density at radius 3 is 2.24 bits per heavy atom. The van der Waals surface area contributed by atoms with Crippen molar-refractivity contribution in [2.24, 2.45) is 0 Å². The molecule has 110 valence electrons. The fraction of sp³-hybridized carbons (Fsp3) is 0.143. The van der Waals surface area contributed by atoms with Crippen LogP contribution in [0.2, 0.25) is 8.67 Å². The van der Waals surface area contributed by atoms with E-state index in [-0.39, 0.29) is 9.90 Å². The molecule has 1 aromatic heterocycles. The van der Waals surface area contributed by atoms with Crippen LogP contribution >= 0.6 is 34.5 Å². The van der Waals surface area contributed by atoms with Crippen molar-refractivity contribution in [2.45, 2.75) is 13.3 Å². The number of benzene rings is 1. The predicted octanol–water partition coefficient (Wildman–Crippen LogP) is 3.69. The molecule has 0 saturated carbocycles. The van der Waals surface area contributed by atoms with Crippen molar-refractivity contribution in [1.29, 1.82) is 0 Å². The van der Waals surface area contributed by atoms with Gasteiger partial charge in [0.25, 0.3) is 11.8 Å². The molecule has 2 rings (SSSR count). The molecule has 0 atom stereocenters. The van der Waals surface area contributed by atoms with Gasteiger partial charge in [-0.1, -0.05) is 42.3 Å². The maximum absolute atomic E-state index is 11.9. The van der Waals surface area contributed by atoms with E-state index in [9.17, 15) is 9.59 Å². The van der Waals surface area contributed by atoms with Gasteiger partial charge in [-0.25, -0.2) is 0 Å². The van der Waals surface area contributed by atoms with Crippen LogP contribution in [0.4, 0.5) is 0 Å². The third kappa shape index (κ3) is 3.97. The van der Waals surface area contributed by atoms with E-state index < -0.39 is 11.8 Å². The van der Waals surface area contributed by atoms with Crippen molar-refractivity contribution in [2.75, 3.05) is 0 Å². The van der Waals surface area contributed by atoms with Gasteiger partial charge in [-0.05, 0) is 30.2 Å². The first-order valence-electron chi connectivity index (χ1n) is 6.15. The summed E-state index contributed by atoms with van der Waals surface area (Å²) >= 11 is 12.7. The van der Waals surface area contributed by atoms with Crippen LogP contribution in [0.3, 0.4) is 0 Å². The quantitative estimate of drug-likeness (QED) is 0.835. The van der Waals surface area contributed by atoms with Gasteiger partial charge < -0.3 is 0 Å². The van der Waals surface area contributed by atoms with Gasteiger partial charge >= 0.3 is 0 Å². The molecule has 1 heterocycles. The van der Waals surface area contributed by atoms with Crippen molar-refractivity contribution < 1.29 is 9.59 Å². The lowest BCUT2D eigenvalue weighted by Crippen LogP contribution is -2.41. The summed E-state index contributed by atoms with van der Waals surface area (Å²) in [5, 5.41) is 0. The van der Waals surface area contributed by atoms with Crippen molar-refractivity contribution in [3.05, 3.63) is 55.7 Å². The highest BCUT2D eigenvalue weighted by molar-refractivity contribution is 7.20. The van der Waals surface area contributed by atoms with E-state index >= 15 is 0 Å². The van der Waals surface area contributed by atoms with Gasteiger partial charge in [-0.3, -0.25) is 20.4 Å². The SMILES string of the molecule is CCc1ccc(C(=O)NNC(=O)c2cc(Cl)sc2Cl)cc1. The Bertz CT molecular complexity index is 668. The fourth-order valence-corrected chi connectivity index (χ4v) is 3.10. The second kappa shape index (κ2) is 6.93. The Morgan fingerprint density at radius 2 is 1.71 bits per heavy atom. The lowest BCUT2D eigenvalue weighted by Gasteiger charge is -2.07. The number of halogens is 2. The minimum Gasteiger partial charge on any atom is -0.267 e. The third-order valence-electron chi connectivity index (χ3n) is 2.82. The molecule has 0 spiro atoms. The molecule has 1 aromatic carbocycles. The van der Waals surface area contributed by atoms with Crippen molar-refractivity contribution in [3.8, 4) is 0 Å². The topological polar surface area (TPSA) is 58.2 Å². The lowest BCUT2D eigenvalue weighted by molar-refractivity contribution is 0.0847. The zero-order valence-corrected chi connectivity index (χ0v) is 13.4. The van der Waals surface area contributed by atoms with E-state index in [1.807, 2.05) is 19.1 Å². The van der Waals surface area contributed by atoms with Gasteiger partial charge in [-0.2, -0.15) is 0 Å². The van der Waals surface area contributed by atoms with Gasteiger partial charge in [0.2, 0.25) is 0 Å². The molecule has 0 saturated heterocycles. The number of hydrogen-bond donors (Lipinski definition) is 2. The molecular weight excluding hydrogens is 331 g/mol. The van der Waals surface area contributed by atoms with E-state index in [0.29, 0.717) is 9.90 Å². The summed E-state index contributed by atoms with van der Waals surface area (Å²) in [6, 6.07) is 8.59. The van der Waals surface area contributed by atoms with E-state index in [1.54, 1.807) is 12.1 Å². The van der Waals surface area contributed by atoms with E-state index in [1.165, 1.54) is 6.07 Å². The van der Waals surface area contributed by atoms with E-state index in [4.69, 9.17) is 23.2 Å². The third-order valence-corrected chi connectivity index (χ3v) is 4.30. The molecule has 0 fully saturated rings. The van der Waals surface area contributed by atoms with Crippen molar-refractivity contribution >= 4 is 46.4 Å². The molecular formula is C14H12Cl2N2O2S. The molecule has 7 heteroatoms. The van der Waals surface area contributed by atoms with Gasteiger partial charge in [-0.15, -0.1) is 11.3 Å². The summed E-state index contributed by atoms with van der Waals surface area (Å²) in [4.78, 5) is 23.7. The van der Waals surface area contributed by atoms with Crippen LogP contribution in [-0.4, -0.2) is 11.8 Å². The molecule has 2 amide bonds. The zero-order chi connectivity index (χ0) is 15.4. The fourth-order valence-electron chi connectivity index (χ4n) is 1.64. The van der Waals surface area contributed by atoms with E-state index in [0.717, 1.165) is 23.3 Å². The van der Waals surface area contributed by atoms with Crippen LogP contribution in [0.5, 0.6) is 0 Å². The lowest BCUT2D eigenvalue weighted by atomic mass is 10.1. The second-order valence-electron chi connectivity index (χ2n) is 4.20. The summed E-state index contributed by atoms with van der Waals surface area (Å²) in [5.41, 5.74) is 6.47. The highest BCUT2D eigenvalue weighted by Gasteiger charge is 2.15. The maximum atomic E-state index is 11.9. The molecule has 4 nitrogen and oxygen atoms in total. The number of carbonyl (C=O) groups excluding carboxylic acids is 2. The molecule has 0 unspecified atom stereocenters. The van der Waals surface area contributed by atoms with Gasteiger partial charge in [0.05, 0.1) is 9.90 Å². The monoisotopic (exact) mass is 342 g/mol. The summed E-state index contributed by atoms with van der Waals surface area (Å²) in [7, 11) is 0. The van der Waals surface area contributed by atoms with E-state index in [2.05, 4.69) is 10.9 Å². The van der Waals surface area contributed by atoms with Crippen molar-refractivity contribution in [3.63, 3.8) is 0 Å². The van der Waals surface area contributed by atoms with Gasteiger partial charge in [0.15, 0.2) is 0 Å². The number of amides is 2. The molecule has 0 aliphatic rings. The number of nitrogens with one attached hydrogen (secondary N) is 2. The Kier molecular flexibility index (Phi) is 5.22. The standard InChI is InChI=1S/C14H12Cl2N2O2S/c1-2-8-3-5-9(6-4-8)13(19)17-18-14(20)10-7-11(15)21-12(10)16/h3-7H,2H2,1H3,(H,17,19)(H,18,20). The van der Waals surface area contributed by atoms with Crippen LogP contribution < -0.4 is 10.9 Å². The summed E-state index contributed by atoms with van der Waals surface area (Å²) in [6.45, 7) is 2.03. The van der Waals surface area contributed by atoms with Crippen LogP contribution in [0.15, 0.2) is 30.3 Å².